The molecule has 0 bridgehead atoms. The number of aliphatic carboxylic acids is 1. The van der Waals surface area contributed by atoms with E-state index in [1.807, 2.05) is 13.8 Å². The number of nitrogens with one attached hydrogen (secondary N) is 1. The van der Waals surface area contributed by atoms with Gasteiger partial charge in [0, 0.05) is 5.92 Å². The van der Waals surface area contributed by atoms with E-state index < -0.39 is 24.6 Å². The molecule has 0 saturated heterocycles. The van der Waals surface area contributed by atoms with Crippen molar-refractivity contribution in [3.05, 3.63) is 23.7 Å². The first-order chi connectivity index (χ1) is 7.97. The number of alkyl halides is 1. The fourth-order valence-electron chi connectivity index (χ4n) is 1.36. The summed E-state index contributed by atoms with van der Waals surface area (Å²) in [5, 5.41) is 10.7. The number of carbonyl (C=O) groups excluding carboxylic acids is 1. The van der Waals surface area contributed by atoms with Crippen LogP contribution in [0.3, 0.4) is 0 Å². The highest BCUT2D eigenvalue weighted by atomic mass is 19.1. The van der Waals surface area contributed by atoms with Gasteiger partial charge in [-0.2, -0.15) is 0 Å². The molecule has 17 heavy (non-hydrogen) atoms. The summed E-state index contributed by atoms with van der Waals surface area (Å²) in [6, 6.07) is -0.0978. The second-order valence-corrected chi connectivity index (χ2v) is 3.87. The van der Waals surface area contributed by atoms with Gasteiger partial charge in [0.2, 0.25) is 0 Å². The Bertz CT molecular complexity index is 413. The predicted molar refractivity (Wildman–Crippen MR) is 57.7 cm³/mol. The zero-order valence-electron chi connectivity index (χ0n) is 9.57. The van der Waals surface area contributed by atoms with Gasteiger partial charge in [0.1, 0.15) is 12.4 Å². The van der Waals surface area contributed by atoms with Crippen LogP contribution in [0.2, 0.25) is 0 Å². The van der Waals surface area contributed by atoms with Crippen LogP contribution in [0.15, 0.2) is 16.7 Å². The van der Waals surface area contributed by atoms with Crippen molar-refractivity contribution in [3.63, 3.8) is 0 Å². The first-order valence-electron chi connectivity index (χ1n) is 5.14. The van der Waals surface area contributed by atoms with Crippen LogP contribution in [-0.2, 0) is 4.79 Å². The molecule has 0 aliphatic carbocycles. The minimum absolute atomic E-state index is 0.0144. The van der Waals surface area contributed by atoms with Crippen molar-refractivity contribution < 1.29 is 23.5 Å². The highest BCUT2D eigenvalue weighted by molar-refractivity contribution is 5.97. The van der Waals surface area contributed by atoms with Crippen molar-refractivity contribution in [3.8, 4) is 0 Å². The molecule has 1 heterocycles. The molecule has 1 aromatic heterocycles. The molecule has 94 valence electrons. The number of carboxylic acids is 1. The Kier molecular flexibility index (Phi) is 4.25. The molecule has 5 nitrogen and oxygen atoms in total. The molecule has 2 N–H and O–H groups in total. The summed E-state index contributed by atoms with van der Waals surface area (Å²) in [6.45, 7) is 2.51. The Balaban J connectivity index is 2.82. The zero-order chi connectivity index (χ0) is 13.0. The summed E-state index contributed by atoms with van der Waals surface area (Å²) in [5.41, 5.74) is 0.236. The second kappa shape index (κ2) is 5.47. The number of carbonyl (C=O) groups is 2. The average molecular weight is 243 g/mol. The smallest absolute Gasteiger partial charge is 0.328 e. The third-order valence-corrected chi connectivity index (χ3v) is 2.22. The van der Waals surface area contributed by atoms with Gasteiger partial charge in [-0.25, -0.2) is 9.18 Å². The molecule has 0 aliphatic rings. The Hall–Kier alpha value is -1.85. The molecule has 0 aromatic carbocycles. The molecule has 1 amide bonds. The van der Waals surface area contributed by atoms with Gasteiger partial charge in [-0.15, -0.1) is 0 Å². The lowest BCUT2D eigenvalue weighted by atomic mass is 10.1. The van der Waals surface area contributed by atoms with Gasteiger partial charge in [-0.05, 0) is 6.07 Å². The van der Waals surface area contributed by atoms with Crippen molar-refractivity contribution in [2.75, 3.05) is 6.67 Å². The lowest BCUT2D eigenvalue weighted by Crippen LogP contribution is -2.42. The molecular weight excluding hydrogens is 229 g/mol. The molecule has 0 aliphatic heterocycles. The van der Waals surface area contributed by atoms with E-state index in [9.17, 15) is 14.0 Å². The first-order valence-corrected chi connectivity index (χ1v) is 5.14. The molecule has 1 unspecified atom stereocenters. The van der Waals surface area contributed by atoms with E-state index >= 15 is 0 Å². The minimum atomic E-state index is -1.53. The van der Waals surface area contributed by atoms with Crippen LogP contribution in [0.25, 0.3) is 0 Å². The van der Waals surface area contributed by atoms with Crippen molar-refractivity contribution in [2.24, 2.45) is 0 Å². The molecule has 0 radical (unpaired) electrons. The number of halogens is 1. The molecule has 0 saturated carbocycles. The molecule has 1 rings (SSSR count). The van der Waals surface area contributed by atoms with Gasteiger partial charge in [0.25, 0.3) is 5.91 Å². The van der Waals surface area contributed by atoms with Crippen LogP contribution in [-0.4, -0.2) is 29.7 Å². The van der Waals surface area contributed by atoms with Crippen LogP contribution < -0.4 is 5.32 Å². The quantitative estimate of drug-likeness (QED) is 0.822. The summed E-state index contributed by atoms with van der Waals surface area (Å²) in [6.07, 6.45) is 1.34. The van der Waals surface area contributed by atoms with Gasteiger partial charge >= 0.3 is 5.97 Å². The van der Waals surface area contributed by atoms with Gasteiger partial charge in [0.15, 0.2) is 6.04 Å². The van der Waals surface area contributed by atoms with Gasteiger partial charge in [0.05, 0.1) is 11.8 Å². The maximum atomic E-state index is 12.4. The summed E-state index contributed by atoms with van der Waals surface area (Å²) in [4.78, 5) is 22.3. The van der Waals surface area contributed by atoms with E-state index in [1.165, 1.54) is 12.3 Å². The summed E-state index contributed by atoms with van der Waals surface area (Å²) >= 11 is 0. The zero-order valence-corrected chi connectivity index (χ0v) is 9.57. The molecule has 6 heteroatoms. The van der Waals surface area contributed by atoms with E-state index in [2.05, 4.69) is 5.32 Å². The molecule has 0 fully saturated rings. The standard InChI is InChI=1S/C11H14FNO4/c1-6(2)9-7(3-4-17-9)10(14)13-8(5-12)11(15)16/h3-4,6,8H,5H2,1-2H3,(H,13,14)(H,15,16). The Labute approximate surface area is 97.6 Å². The third kappa shape index (κ3) is 3.05. The minimum Gasteiger partial charge on any atom is -0.480 e. The largest absolute Gasteiger partial charge is 0.480 e. The van der Waals surface area contributed by atoms with Gasteiger partial charge < -0.3 is 14.8 Å². The highest BCUT2D eigenvalue weighted by Gasteiger charge is 2.23. The van der Waals surface area contributed by atoms with Crippen LogP contribution in [0.4, 0.5) is 4.39 Å². The number of carboxylic acid groups (broad SMARTS) is 1. The number of hydrogen-bond acceptors (Lipinski definition) is 3. The second-order valence-electron chi connectivity index (χ2n) is 3.87. The van der Waals surface area contributed by atoms with E-state index in [0.717, 1.165) is 0 Å². The number of rotatable bonds is 5. The van der Waals surface area contributed by atoms with Crippen LogP contribution in [0.1, 0.15) is 35.9 Å². The first kappa shape index (κ1) is 13.2. The maximum Gasteiger partial charge on any atom is 0.328 e. The summed E-state index contributed by atoms with van der Waals surface area (Å²) < 4.78 is 17.5. The van der Waals surface area contributed by atoms with Crippen LogP contribution >= 0.6 is 0 Å². The third-order valence-electron chi connectivity index (χ3n) is 2.22. The van der Waals surface area contributed by atoms with Crippen LogP contribution in [0, 0.1) is 0 Å². The molecule has 0 spiro atoms. The lowest BCUT2D eigenvalue weighted by Gasteiger charge is -2.11. The van der Waals surface area contributed by atoms with Crippen LogP contribution in [0.5, 0.6) is 0 Å². The summed E-state index contributed by atoms with van der Waals surface area (Å²) in [5.74, 6) is -1.62. The Morgan fingerprint density at radius 3 is 2.65 bits per heavy atom. The number of furan rings is 1. The van der Waals surface area contributed by atoms with Crippen molar-refractivity contribution in [2.45, 2.75) is 25.8 Å². The fraction of sp³-hybridized carbons (Fsp3) is 0.455. The monoisotopic (exact) mass is 243 g/mol. The van der Waals surface area contributed by atoms with Crippen molar-refractivity contribution in [1.82, 2.24) is 5.32 Å². The number of amides is 1. The lowest BCUT2D eigenvalue weighted by molar-refractivity contribution is -0.139. The highest BCUT2D eigenvalue weighted by Crippen LogP contribution is 2.20. The summed E-state index contributed by atoms with van der Waals surface area (Å²) in [7, 11) is 0. The van der Waals surface area contributed by atoms with Crippen molar-refractivity contribution >= 4 is 11.9 Å². The topological polar surface area (TPSA) is 79.5 Å². The SMILES string of the molecule is CC(C)c1occc1C(=O)NC(CF)C(=O)O. The predicted octanol–water partition coefficient (Wildman–Crippen LogP) is 1.56. The average Bonchev–Trinajstić information content (AvgIpc) is 2.73. The number of hydrogen-bond donors (Lipinski definition) is 2. The van der Waals surface area contributed by atoms with Crippen molar-refractivity contribution in [1.29, 1.82) is 0 Å². The van der Waals surface area contributed by atoms with E-state index in [4.69, 9.17) is 9.52 Å². The molecular formula is C11H14FNO4. The molecule has 1 atom stereocenters. The van der Waals surface area contributed by atoms with Gasteiger partial charge in [-0.3, -0.25) is 4.79 Å². The normalized spacial score (nSPS) is 12.5. The molecule has 1 aromatic rings. The maximum absolute atomic E-state index is 12.4. The fourth-order valence-corrected chi connectivity index (χ4v) is 1.36. The Morgan fingerprint density at radius 2 is 2.18 bits per heavy atom. The van der Waals surface area contributed by atoms with E-state index in [0.29, 0.717) is 5.76 Å². The Morgan fingerprint density at radius 1 is 1.53 bits per heavy atom. The van der Waals surface area contributed by atoms with E-state index in [1.54, 1.807) is 0 Å². The van der Waals surface area contributed by atoms with Gasteiger partial charge in [-0.1, -0.05) is 13.8 Å². The van der Waals surface area contributed by atoms with E-state index in [-0.39, 0.29) is 11.5 Å².